The molecule has 0 fully saturated rings. The van der Waals surface area contributed by atoms with Crippen LogP contribution in [0.3, 0.4) is 0 Å². The molecule has 1 aromatic heterocycles. The van der Waals surface area contributed by atoms with E-state index in [1.807, 2.05) is 6.07 Å². The van der Waals surface area contributed by atoms with Gasteiger partial charge in [0, 0.05) is 40.0 Å². The van der Waals surface area contributed by atoms with Crippen LogP contribution in [0.1, 0.15) is 5.76 Å². The fraction of sp³-hybridized carbons (Fsp3) is 0.0909. The highest BCUT2D eigenvalue weighted by atomic mass is 79.9. The molecule has 32 heavy (non-hydrogen) atoms. The molecule has 10 heteroatoms. The topological polar surface area (TPSA) is 128 Å². The van der Waals surface area contributed by atoms with Crippen molar-refractivity contribution in [2.75, 3.05) is 18.5 Å². The lowest BCUT2D eigenvalue weighted by atomic mass is 10.1. The first-order valence-electron chi connectivity index (χ1n) is 9.31. The molecule has 0 saturated carbocycles. The number of nitrogens with one attached hydrogen (secondary N) is 1. The van der Waals surface area contributed by atoms with Crippen LogP contribution < -0.4 is 14.8 Å². The van der Waals surface area contributed by atoms with E-state index in [0.29, 0.717) is 46.2 Å². The van der Waals surface area contributed by atoms with E-state index in [4.69, 9.17) is 13.9 Å². The van der Waals surface area contributed by atoms with Crippen LogP contribution in [-0.2, 0) is 4.79 Å². The minimum absolute atomic E-state index is 0.0603. The first-order valence-corrected chi connectivity index (χ1v) is 10.1. The molecule has 0 atom stereocenters. The van der Waals surface area contributed by atoms with Crippen LogP contribution in [0.15, 0.2) is 63.0 Å². The quantitative estimate of drug-likeness (QED) is 0.230. The monoisotopic (exact) mass is 495 g/mol. The number of amides is 1. The normalized spacial score (nSPS) is 12.7. The maximum atomic E-state index is 12.6. The van der Waals surface area contributed by atoms with Crippen LogP contribution in [0.4, 0.5) is 11.4 Å². The van der Waals surface area contributed by atoms with Gasteiger partial charge in [0.25, 0.3) is 11.6 Å². The van der Waals surface area contributed by atoms with Gasteiger partial charge in [-0.15, -0.1) is 0 Å². The van der Waals surface area contributed by atoms with Gasteiger partial charge in [-0.2, -0.15) is 5.26 Å². The number of ether oxygens (including phenoxy) is 2. The number of non-ortho nitro benzene ring substituents is 1. The van der Waals surface area contributed by atoms with Crippen molar-refractivity contribution in [2.45, 2.75) is 0 Å². The zero-order valence-corrected chi connectivity index (χ0v) is 17.9. The van der Waals surface area contributed by atoms with Crippen LogP contribution in [0.25, 0.3) is 17.4 Å². The highest BCUT2D eigenvalue weighted by molar-refractivity contribution is 9.10. The summed E-state index contributed by atoms with van der Waals surface area (Å²) in [6.07, 6.45) is 1.32. The van der Waals surface area contributed by atoms with Crippen molar-refractivity contribution in [3.8, 4) is 28.9 Å². The number of nitro groups is 1. The second-order valence-electron chi connectivity index (χ2n) is 6.61. The van der Waals surface area contributed by atoms with Crippen molar-refractivity contribution in [2.24, 2.45) is 0 Å². The highest BCUT2D eigenvalue weighted by Gasteiger charge is 2.16. The second-order valence-corrected chi connectivity index (χ2v) is 7.46. The first-order chi connectivity index (χ1) is 15.4. The average molecular weight is 496 g/mol. The fourth-order valence-corrected chi connectivity index (χ4v) is 3.57. The summed E-state index contributed by atoms with van der Waals surface area (Å²) in [4.78, 5) is 23.0. The fourth-order valence-electron chi connectivity index (χ4n) is 3.00. The number of benzene rings is 2. The molecule has 0 radical (unpaired) electrons. The van der Waals surface area contributed by atoms with E-state index in [1.165, 1.54) is 18.2 Å². The van der Waals surface area contributed by atoms with Crippen molar-refractivity contribution in [3.05, 3.63) is 74.5 Å². The average Bonchev–Trinajstić information content (AvgIpc) is 3.25. The minimum Gasteiger partial charge on any atom is -0.486 e. The van der Waals surface area contributed by atoms with Crippen LogP contribution in [0, 0.1) is 21.4 Å². The van der Waals surface area contributed by atoms with Gasteiger partial charge in [-0.05, 0) is 46.3 Å². The summed E-state index contributed by atoms with van der Waals surface area (Å²) in [5, 5.41) is 23.0. The number of hydrogen-bond donors (Lipinski definition) is 1. The molecule has 1 aliphatic heterocycles. The summed E-state index contributed by atoms with van der Waals surface area (Å²) in [5.41, 5.74) is 0.822. The number of furan rings is 1. The summed E-state index contributed by atoms with van der Waals surface area (Å²) >= 11 is 3.30. The number of anilines is 1. The zero-order valence-electron chi connectivity index (χ0n) is 16.3. The molecule has 0 aliphatic carbocycles. The van der Waals surface area contributed by atoms with Gasteiger partial charge in [-0.25, -0.2) is 0 Å². The maximum absolute atomic E-state index is 12.6. The van der Waals surface area contributed by atoms with Gasteiger partial charge in [0.05, 0.1) is 4.92 Å². The molecule has 1 aliphatic rings. The van der Waals surface area contributed by atoms with E-state index in [9.17, 15) is 20.2 Å². The van der Waals surface area contributed by atoms with Crippen LogP contribution >= 0.6 is 15.9 Å². The van der Waals surface area contributed by atoms with Gasteiger partial charge >= 0.3 is 0 Å². The summed E-state index contributed by atoms with van der Waals surface area (Å²) in [7, 11) is 0. The molecule has 2 aromatic carbocycles. The molecule has 0 saturated heterocycles. The van der Waals surface area contributed by atoms with Crippen molar-refractivity contribution < 1.29 is 23.6 Å². The first kappa shape index (κ1) is 21.1. The Bertz CT molecular complexity index is 1290. The Morgan fingerprint density at radius 2 is 1.91 bits per heavy atom. The molecule has 1 amide bonds. The van der Waals surface area contributed by atoms with Crippen LogP contribution in [0.2, 0.25) is 0 Å². The Hall–Kier alpha value is -4.10. The number of nitro benzene ring substituents is 1. The Morgan fingerprint density at radius 1 is 1.12 bits per heavy atom. The Kier molecular flexibility index (Phi) is 5.91. The molecule has 0 bridgehead atoms. The molecule has 0 unspecified atom stereocenters. The third-order valence-corrected chi connectivity index (χ3v) is 5.16. The standard InChI is InChI=1S/C22H14BrN3O6/c23-18-11-15(26(28)29)2-4-17(18)19-6-3-16(32-19)9-13(12-24)22(27)25-14-1-5-20-21(10-14)31-8-7-30-20/h1-6,9-11H,7-8H2,(H,25,27)/b13-9-. The van der Waals surface area contributed by atoms with Crippen molar-refractivity contribution in [3.63, 3.8) is 0 Å². The third kappa shape index (κ3) is 4.48. The molecule has 160 valence electrons. The largest absolute Gasteiger partial charge is 0.486 e. The summed E-state index contributed by atoms with van der Waals surface area (Å²) < 4.78 is 17.1. The number of fused-ring (bicyclic) bond motifs is 1. The number of nitrogens with zero attached hydrogens (tertiary/aromatic N) is 2. The number of halogens is 1. The van der Waals surface area contributed by atoms with E-state index in [2.05, 4.69) is 21.2 Å². The minimum atomic E-state index is -0.612. The van der Waals surface area contributed by atoms with E-state index >= 15 is 0 Å². The number of carbonyl (C=O) groups is 1. The number of hydrogen-bond acceptors (Lipinski definition) is 7. The van der Waals surface area contributed by atoms with Crippen molar-refractivity contribution >= 4 is 39.3 Å². The molecular weight excluding hydrogens is 482 g/mol. The van der Waals surface area contributed by atoms with Gasteiger partial charge in [-0.1, -0.05) is 0 Å². The highest BCUT2D eigenvalue weighted by Crippen LogP contribution is 2.34. The summed E-state index contributed by atoms with van der Waals surface area (Å²) in [6.45, 7) is 0.876. The lowest BCUT2D eigenvalue weighted by Gasteiger charge is -2.18. The van der Waals surface area contributed by atoms with Gasteiger partial charge < -0.3 is 19.2 Å². The Morgan fingerprint density at radius 3 is 2.62 bits per heavy atom. The van der Waals surface area contributed by atoms with E-state index < -0.39 is 10.8 Å². The molecular formula is C22H14BrN3O6. The SMILES string of the molecule is N#C/C(=C/c1ccc(-c2ccc([N+](=O)[O-])cc2Br)o1)C(=O)Nc1ccc2c(c1)OCCO2. The smallest absolute Gasteiger partial charge is 0.270 e. The Balaban J connectivity index is 1.53. The van der Waals surface area contributed by atoms with Crippen molar-refractivity contribution in [1.82, 2.24) is 0 Å². The molecule has 2 heterocycles. The second kappa shape index (κ2) is 8.95. The maximum Gasteiger partial charge on any atom is 0.270 e. The number of carbonyl (C=O) groups excluding carboxylic acids is 1. The van der Waals surface area contributed by atoms with Gasteiger partial charge in [0.15, 0.2) is 11.5 Å². The summed E-state index contributed by atoms with van der Waals surface area (Å²) in [5.74, 6) is 1.19. The van der Waals surface area contributed by atoms with E-state index in [1.54, 1.807) is 36.4 Å². The Labute approximate surface area is 190 Å². The van der Waals surface area contributed by atoms with Crippen LogP contribution in [-0.4, -0.2) is 24.0 Å². The third-order valence-electron chi connectivity index (χ3n) is 4.51. The van der Waals surface area contributed by atoms with Gasteiger partial charge in [0.1, 0.15) is 36.4 Å². The van der Waals surface area contributed by atoms with E-state index in [0.717, 1.165) is 0 Å². The predicted octanol–water partition coefficient (Wildman–Crippen LogP) is 4.93. The predicted molar refractivity (Wildman–Crippen MR) is 118 cm³/mol. The van der Waals surface area contributed by atoms with E-state index in [-0.39, 0.29) is 17.0 Å². The summed E-state index contributed by atoms with van der Waals surface area (Å²) in [6, 6.07) is 14.3. The lowest BCUT2D eigenvalue weighted by molar-refractivity contribution is -0.384. The van der Waals surface area contributed by atoms with Crippen LogP contribution in [0.5, 0.6) is 11.5 Å². The number of rotatable bonds is 5. The van der Waals surface area contributed by atoms with Gasteiger partial charge in [0.2, 0.25) is 0 Å². The molecule has 0 spiro atoms. The molecule has 9 nitrogen and oxygen atoms in total. The van der Waals surface area contributed by atoms with Crippen molar-refractivity contribution in [1.29, 1.82) is 5.26 Å². The molecule has 4 rings (SSSR count). The molecule has 3 aromatic rings. The lowest BCUT2D eigenvalue weighted by Crippen LogP contribution is -2.17. The molecule has 1 N–H and O–H groups in total. The van der Waals surface area contributed by atoms with Gasteiger partial charge in [-0.3, -0.25) is 14.9 Å². The zero-order chi connectivity index (χ0) is 22.7. The number of nitriles is 1.